The molecule has 2 rings (SSSR count). The van der Waals surface area contributed by atoms with Crippen LogP contribution in [0.15, 0.2) is 23.1 Å². The zero-order chi connectivity index (χ0) is 14.2. The molecule has 0 atom stereocenters. The number of rotatable bonds is 3. The number of carbonyl (C=O) groups is 1. The molecule has 0 saturated carbocycles. The number of carboxylic acid groups (broad SMARTS) is 1. The molecule has 0 fully saturated rings. The van der Waals surface area contributed by atoms with Crippen molar-refractivity contribution in [1.29, 1.82) is 0 Å². The summed E-state index contributed by atoms with van der Waals surface area (Å²) in [6.07, 6.45) is 1.75. The Labute approximate surface area is 109 Å². The summed E-state index contributed by atoms with van der Waals surface area (Å²) >= 11 is 0. The molecule has 0 aliphatic heterocycles. The third kappa shape index (κ3) is 2.16. The van der Waals surface area contributed by atoms with Crippen molar-refractivity contribution in [2.24, 2.45) is 0 Å². The Morgan fingerprint density at radius 2 is 2.11 bits per heavy atom. The number of carboxylic acids is 1. The molecule has 0 spiro atoms. The summed E-state index contributed by atoms with van der Waals surface area (Å²) in [5.41, 5.74) is 0.715. The van der Waals surface area contributed by atoms with Crippen molar-refractivity contribution in [3.8, 4) is 5.82 Å². The highest BCUT2D eigenvalue weighted by molar-refractivity contribution is 5.90. The SMILES string of the molecule is CCn1ccc(-n2c(C)c(C(=O)O)c(C)cc2=O)n1. The fourth-order valence-electron chi connectivity index (χ4n) is 2.14. The van der Waals surface area contributed by atoms with Gasteiger partial charge in [0.2, 0.25) is 0 Å². The van der Waals surface area contributed by atoms with Gasteiger partial charge in [-0.2, -0.15) is 5.10 Å². The van der Waals surface area contributed by atoms with Crippen LogP contribution in [0.5, 0.6) is 0 Å². The number of aryl methyl sites for hydroxylation is 2. The number of hydrogen-bond acceptors (Lipinski definition) is 3. The molecule has 0 bridgehead atoms. The lowest BCUT2D eigenvalue weighted by Crippen LogP contribution is -2.24. The monoisotopic (exact) mass is 261 g/mol. The summed E-state index contributed by atoms with van der Waals surface area (Å²) in [4.78, 5) is 23.3. The molecule has 0 amide bonds. The first-order chi connectivity index (χ1) is 8.95. The minimum atomic E-state index is -1.04. The Kier molecular flexibility index (Phi) is 3.25. The summed E-state index contributed by atoms with van der Waals surface area (Å²) in [5.74, 6) is -0.606. The van der Waals surface area contributed by atoms with E-state index in [0.717, 1.165) is 0 Å². The smallest absolute Gasteiger partial charge is 0.337 e. The number of pyridine rings is 1. The van der Waals surface area contributed by atoms with Crippen molar-refractivity contribution in [1.82, 2.24) is 14.3 Å². The van der Waals surface area contributed by atoms with E-state index in [2.05, 4.69) is 5.10 Å². The minimum absolute atomic E-state index is 0.144. The second kappa shape index (κ2) is 4.72. The van der Waals surface area contributed by atoms with Crippen LogP contribution in [0.2, 0.25) is 0 Å². The van der Waals surface area contributed by atoms with E-state index in [0.29, 0.717) is 23.6 Å². The molecule has 19 heavy (non-hydrogen) atoms. The lowest BCUT2D eigenvalue weighted by atomic mass is 10.1. The molecule has 2 heterocycles. The Balaban J connectivity index is 2.73. The number of hydrogen-bond donors (Lipinski definition) is 1. The first kappa shape index (κ1) is 13.1. The van der Waals surface area contributed by atoms with Crippen molar-refractivity contribution < 1.29 is 9.90 Å². The van der Waals surface area contributed by atoms with Gasteiger partial charge in [-0.15, -0.1) is 0 Å². The molecule has 0 aliphatic carbocycles. The van der Waals surface area contributed by atoms with E-state index >= 15 is 0 Å². The van der Waals surface area contributed by atoms with E-state index < -0.39 is 5.97 Å². The van der Waals surface area contributed by atoms with Crippen LogP contribution >= 0.6 is 0 Å². The van der Waals surface area contributed by atoms with Gasteiger partial charge in [0.05, 0.1) is 5.56 Å². The summed E-state index contributed by atoms with van der Waals surface area (Å²) < 4.78 is 3.00. The summed E-state index contributed by atoms with van der Waals surface area (Å²) in [6, 6.07) is 3.01. The lowest BCUT2D eigenvalue weighted by molar-refractivity contribution is 0.0694. The molecule has 1 N–H and O–H groups in total. The number of nitrogens with zero attached hydrogens (tertiary/aromatic N) is 3. The summed E-state index contributed by atoms with van der Waals surface area (Å²) in [6.45, 7) is 5.85. The van der Waals surface area contributed by atoms with Gasteiger partial charge in [-0.3, -0.25) is 14.0 Å². The van der Waals surface area contributed by atoms with Crippen molar-refractivity contribution in [2.75, 3.05) is 0 Å². The third-order valence-electron chi connectivity index (χ3n) is 3.05. The molecule has 0 saturated heterocycles. The van der Waals surface area contributed by atoms with Crippen LogP contribution in [-0.2, 0) is 6.54 Å². The van der Waals surface area contributed by atoms with Gasteiger partial charge in [0.1, 0.15) is 0 Å². The Hall–Kier alpha value is -2.37. The normalized spacial score (nSPS) is 10.7. The molecule has 0 unspecified atom stereocenters. The molecule has 100 valence electrons. The Bertz CT molecular complexity index is 698. The van der Waals surface area contributed by atoms with Crippen LogP contribution in [0.25, 0.3) is 5.82 Å². The third-order valence-corrected chi connectivity index (χ3v) is 3.05. The molecule has 0 radical (unpaired) electrons. The number of aromatic nitrogens is 3. The predicted molar refractivity (Wildman–Crippen MR) is 69.9 cm³/mol. The van der Waals surface area contributed by atoms with E-state index in [1.54, 1.807) is 30.8 Å². The van der Waals surface area contributed by atoms with Gasteiger partial charge < -0.3 is 5.11 Å². The summed E-state index contributed by atoms with van der Waals surface area (Å²) in [7, 11) is 0. The van der Waals surface area contributed by atoms with E-state index in [1.165, 1.54) is 10.6 Å². The first-order valence-corrected chi connectivity index (χ1v) is 5.96. The molecule has 2 aromatic heterocycles. The molecule has 0 aliphatic rings. The minimum Gasteiger partial charge on any atom is -0.478 e. The largest absolute Gasteiger partial charge is 0.478 e. The Morgan fingerprint density at radius 1 is 1.42 bits per heavy atom. The maximum Gasteiger partial charge on any atom is 0.337 e. The van der Waals surface area contributed by atoms with Crippen LogP contribution in [-0.4, -0.2) is 25.4 Å². The van der Waals surface area contributed by atoms with E-state index in [9.17, 15) is 14.7 Å². The van der Waals surface area contributed by atoms with Crippen LogP contribution in [0.3, 0.4) is 0 Å². The molecule has 0 aromatic carbocycles. The van der Waals surface area contributed by atoms with Gasteiger partial charge in [0.15, 0.2) is 5.82 Å². The van der Waals surface area contributed by atoms with Crippen molar-refractivity contribution >= 4 is 5.97 Å². The van der Waals surface area contributed by atoms with Crippen LogP contribution < -0.4 is 5.56 Å². The topological polar surface area (TPSA) is 77.1 Å². The van der Waals surface area contributed by atoms with Gasteiger partial charge in [-0.05, 0) is 26.3 Å². The van der Waals surface area contributed by atoms with Crippen molar-refractivity contribution in [3.05, 3.63) is 45.5 Å². The Morgan fingerprint density at radius 3 is 2.63 bits per heavy atom. The highest BCUT2D eigenvalue weighted by atomic mass is 16.4. The quantitative estimate of drug-likeness (QED) is 0.905. The predicted octanol–water partition coefficient (Wildman–Crippen LogP) is 1.37. The highest BCUT2D eigenvalue weighted by Gasteiger charge is 2.17. The first-order valence-electron chi connectivity index (χ1n) is 5.96. The average Bonchev–Trinajstić information content (AvgIpc) is 2.76. The zero-order valence-corrected chi connectivity index (χ0v) is 11.0. The van der Waals surface area contributed by atoms with Gasteiger partial charge >= 0.3 is 5.97 Å². The lowest BCUT2D eigenvalue weighted by Gasteiger charge is -2.11. The van der Waals surface area contributed by atoms with Crippen LogP contribution in [0.1, 0.15) is 28.5 Å². The van der Waals surface area contributed by atoms with Crippen LogP contribution in [0.4, 0.5) is 0 Å². The van der Waals surface area contributed by atoms with Crippen molar-refractivity contribution in [2.45, 2.75) is 27.3 Å². The molecular weight excluding hydrogens is 246 g/mol. The van der Waals surface area contributed by atoms with E-state index in [1.807, 2.05) is 6.92 Å². The van der Waals surface area contributed by atoms with E-state index in [-0.39, 0.29) is 11.1 Å². The van der Waals surface area contributed by atoms with Gasteiger partial charge in [0.25, 0.3) is 5.56 Å². The highest BCUT2D eigenvalue weighted by Crippen LogP contribution is 2.14. The molecular formula is C13H15N3O3. The number of aromatic carboxylic acids is 1. The average molecular weight is 261 g/mol. The molecule has 6 nitrogen and oxygen atoms in total. The van der Waals surface area contributed by atoms with Gasteiger partial charge in [-0.1, -0.05) is 0 Å². The second-order valence-corrected chi connectivity index (χ2v) is 4.30. The zero-order valence-electron chi connectivity index (χ0n) is 11.0. The maximum absolute atomic E-state index is 12.1. The van der Waals surface area contributed by atoms with E-state index in [4.69, 9.17) is 0 Å². The molecule has 6 heteroatoms. The standard InChI is InChI=1S/C13H15N3O3/c1-4-15-6-5-10(14-15)16-9(3)12(13(18)19)8(2)7-11(16)17/h5-7H,4H2,1-3H3,(H,18,19). The fraction of sp³-hybridized carbons (Fsp3) is 0.308. The van der Waals surface area contributed by atoms with Crippen molar-refractivity contribution in [3.63, 3.8) is 0 Å². The van der Waals surface area contributed by atoms with Gasteiger partial charge in [-0.25, -0.2) is 4.79 Å². The van der Waals surface area contributed by atoms with Gasteiger partial charge in [0, 0.05) is 30.6 Å². The maximum atomic E-state index is 12.1. The fourth-order valence-corrected chi connectivity index (χ4v) is 2.14. The second-order valence-electron chi connectivity index (χ2n) is 4.30. The molecule has 2 aromatic rings. The van der Waals surface area contributed by atoms with Crippen LogP contribution in [0, 0.1) is 13.8 Å². The summed E-state index contributed by atoms with van der Waals surface area (Å²) in [5, 5.41) is 13.5.